The van der Waals surface area contributed by atoms with E-state index in [-0.39, 0.29) is 5.56 Å². The normalized spacial score (nSPS) is 11.6. The largest absolute Gasteiger partial charge is 0.306 e. The van der Waals surface area contributed by atoms with E-state index in [2.05, 4.69) is 0 Å². The van der Waals surface area contributed by atoms with Gasteiger partial charge >= 0.3 is 10.2 Å². The minimum absolute atomic E-state index is 0.137. The van der Waals surface area contributed by atoms with Crippen LogP contribution in [0.25, 0.3) is 0 Å². The van der Waals surface area contributed by atoms with E-state index in [9.17, 15) is 16.7 Å². The predicted molar refractivity (Wildman–Crippen MR) is 44.9 cm³/mol. The Labute approximate surface area is 75.4 Å². The Hall–Kier alpha value is -0.970. The molecule has 0 radical (unpaired) electrons. The minimum atomic E-state index is -4.66. The van der Waals surface area contributed by atoms with Crippen molar-refractivity contribution in [2.45, 2.75) is 12.7 Å². The summed E-state index contributed by atoms with van der Waals surface area (Å²) in [6.45, 7) is 1.67. The van der Waals surface area contributed by atoms with E-state index >= 15 is 0 Å². The zero-order valence-electron chi connectivity index (χ0n) is 6.92. The predicted octanol–water partition coefficient (Wildman–Crippen LogP) is 1.93. The molecule has 0 unspecified atom stereocenters. The third-order valence-electron chi connectivity index (χ3n) is 1.53. The van der Waals surface area contributed by atoms with Gasteiger partial charge in [-0.2, -0.15) is 8.42 Å². The summed E-state index contributed by atoms with van der Waals surface area (Å²) < 4.78 is 45.5. The molecule has 0 bridgehead atoms. The van der Waals surface area contributed by atoms with Gasteiger partial charge in [0.15, 0.2) is 0 Å². The smallest absolute Gasteiger partial charge is 0.207 e. The maximum atomic E-state index is 12.9. The van der Waals surface area contributed by atoms with Gasteiger partial charge in [0.1, 0.15) is 11.6 Å². The molecule has 0 aliphatic carbocycles. The van der Waals surface area contributed by atoms with Crippen molar-refractivity contribution in [2.75, 3.05) is 0 Å². The maximum absolute atomic E-state index is 12.9. The molecule has 13 heavy (non-hydrogen) atoms. The molecular weight excluding hydrogens is 198 g/mol. The molecule has 1 rings (SSSR count). The first-order valence-electron chi connectivity index (χ1n) is 3.56. The lowest BCUT2D eigenvalue weighted by molar-refractivity contribution is 0.547. The Kier molecular flexibility index (Phi) is 2.66. The molecule has 2 nitrogen and oxygen atoms in total. The highest BCUT2D eigenvalue weighted by atomic mass is 32.3. The Morgan fingerprint density at radius 2 is 2.00 bits per heavy atom. The van der Waals surface area contributed by atoms with E-state index in [0.29, 0.717) is 5.56 Å². The summed E-state index contributed by atoms with van der Waals surface area (Å²) in [5, 5.41) is 0. The van der Waals surface area contributed by atoms with Gasteiger partial charge in [0, 0.05) is 5.56 Å². The van der Waals surface area contributed by atoms with Crippen molar-refractivity contribution in [3.63, 3.8) is 0 Å². The van der Waals surface area contributed by atoms with Crippen molar-refractivity contribution in [3.8, 4) is 0 Å². The Morgan fingerprint density at radius 3 is 2.54 bits per heavy atom. The van der Waals surface area contributed by atoms with Gasteiger partial charge in [0.2, 0.25) is 0 Å². The average Bonchev–Trinajstić information content (AvgIpc) is 1.94. The fourth-order valence-corrected chi connectivity index (χ4v) is 1.59. The monoisotopic (exact) mass is 206 g/mol. The van der Waals surface area contributed by atoms with Crippen LogP contribution in [0.4, 0.5) is 8.28 Å². The second kappa shape index (κ2) is 3.41. The molecule has 0 spiro atoms. The molecule has 0 atom stereocenters. The summed E-state index contributed by atoms with van der Waals surface area (Å²) in [5.41, 5.74) is 0.558. The van der Waals surface area contributed by atoms with Crippen LogP contribution >= 0.6 is 0 Å². The van der Waals surface area contributed by atoms with Gasteiger partial charge in [-0.25, -0.2) is 4.39 Å². The topological polar surface area (TPSA) is 34.1 Å². The molecule has 1 aromatic rings. The average molecular weight is 206 g/mol. The molecule has 0 aromatic heterocycles. The van der Waals surface area contributed by atoms with Gasteiger partial charge in [-0.1, -0.05) is 17.7 Å². The second-order valence-corrected chi connectivity index (χ2v) is 4.14. The van der Waals surface area contributed by atoms with Gasteiger partial charge < -0.3 is 0 Å². The number of aryl methyl sites for hydroxylation is 1. The highest BCUT2D eigenvalue weighted by molar-refractivity contribution is 7.85. The summed E-state index contributed by atoms with van der Waals surface area (Å²) in [4.78, 5) is 0. The van der Waals surface area contributed by atoms with E-state index in [1.807, 2.05) is 0 Å². The van der Waals surface area contributed by atoms with E-state index < -0.39 is 21.8 Å². The second-order valence-electron chi connectivity index (χ2n) is 2.78. The molecule has 0 aliphatic rings. The van der Waals surface area contributed by atoms with E-state index in [1.165, 1.54) is 12.1 Å². The zero-order chi connectivity index (χ0) is 10.1. The van der Waals surface area contributed by atoms with Crippen LogP contribution in [0.3, 0.4) is 0 Å². The molecule has 0 saturated heterocycles. The molecule has 5 heteroatoms. The first-order chi connectivity index (χ1) is 5.88. The van der Waals surface area contributed by atoms with E-state index in [1.54, 1.807) is 6.92 Å². The molecule has 0 fully saturated rings. The molecule has 0 aliphatic heterocycles. The van der Waals surface area contributed by atoms with Gasteiger partial charge in [0.25, 0.3) is 0 Å². The summed E-state index contributed by atoms with van der Waals surface area (Å²) in [5.74, 6) is -1.60. The molecule has 1 aromatic carbocycles. The van der Waals surface area contributed by atoms with Crippen molar-refractivity contribution < 1.29 is 16.7 Å². The van der Waals surface area contributed by atoms with Crippen molar-refractivity contribution in [1.82, 2.24) is 0 Å². The number of rotatable bonds is 2. The highest BCUT2D eigenvalue weighted by Gasteiger charge is 2.12. The summed E-state index contributed by atoms with van der Waals surface area (Å²) in [6.07, 6.45) is 0. The number of benzene rings is 1. The van der Waals surface area contributed by atoms with Crippen molar-refractivity contribution in [2.24, 2.45) is 0 Å². The van der Waals surface area contributed by atoms with Crippen LogP contribution < -0.4 is 0 Å². The molecule has 0 amide bonds. The van der Waals surface area contributed by atoms with Crippen molar-refractivity contribution >= 4 is 10.2 Å². The standard InChI is InChI=1S/C8H8F2O2S/c1-6-2-3-8(9)7(4-6)5-13(10,11)12/h2-4H,5H2,1H3. The van der Waals surface area contributed by atoms with Crippen molar-refractivity contribution in [1.29, 1.82) is 0 Å². The van der Waals surface area contributed by atoms with Gasteiger partial charge in [0.05, 0.1) is 0 Å². The van der Waals surface area contributed by atoms with Crippen LogP contribution in [-0.2, 0) is 16.0 Å². The molecule has 0 heterocycles. The Balaban J connectivity index is 3.08. The van der Waals surface area contributed by atoms with Crippen molar-refractivity contribution in [3.05, 3.63) is 35.1 Å². The molecule has 72 valence electrons. The number of halogens is 2. The Bertz CT molecular complexity index is 412. The van der Waals surface area contributed by atoms with Crippen LogP contribution in [-0.4, -0.2) is 8.42 Å². The first kappa shape index (κ1) is 10.1. The van der Waals surface area contributed by atoms with Crippen LogP contribution in [0, 0.1) is 12.7 Å². The van der Waals surface area contributed by atoms with Crippen LogP contribution in [0.5, 0.6) is 0 Å². The summed E-state index contributed by atoms with van der Waals surface area (Å²) >= 11 is 0. The lowest BCUT2D eigenvalue weighted by Gasteiger charge is -2.00. The molecular formula is C8H8F2O2S. The van der Waals surface area contributed by atoms with Crippen LogP contribution in [0.15, 0.2) is 18.2 Å². The van der Waals surface area contributed by atoms with Gasteiger partial charge in [-0.3, -0.25) is 0 Å². The fraction of sp³-hybridized carbons (Fsp3) is 0.250. The summed E-state index contributed by atoms with van der Waals surface area (Å²) in [7, 11) is -4.66. The molecule has 0 saturated carbocycles. The minimum Gasteiger partial charge on any atom is -0.207 e. The van der Waals surface area contributed by atoms with Crippen LogP contribution in [0.2, 0.25) is 0 Å². The van der Waals surface area contributed by atoms with Crippen LogP contribution in [0.1, 0.15) is 11.1 Å². The Morgan fingerprint density at radius 1 is 1.38 bits per heavy atom. The lowest BCUT2D eigenvalue weighted by Crippen LogP contribution is -1.99. The van der Waals surface area contributed by atoms with Gasteiger partial charge in [-0.15, -0.1) is 3.89 Å². The molecule has 0 N–H and O–H groups in total. The quantitative estimate of drug-likeness (QED) is 0.693. The SMILES string of the molecule is Cc1ccc(F)c(CS(=O)(=O)F)c1. The highest BCUT2D eigenvalue weighted by Crippen LogP contribution is 2.13. The number of hydrogen-bond donors (Lipinski definition) is 0. The van der Waals surface area contributed by atoms with E-state index in [4.69, 9.17) is 0 Å². The zero-order valence-corrected chi connectivity index (χ0v) is 7.74. The van der Waals surface area contributed by atoms with Gasteiger partial charge in [-0.05, 0) is 13.0 Å². The van der Waals surface area contributed by atoms with E-state index in [0.717, 1.165) is 6.07 Å². The lowest BCUT2D eigenvalue weighted by atomic mass is 10.1. The fourth-order valence-electron chi connectivity index (χ4n) is 1.000. The third kappa shape index (κ3) is 3.10. The summed E-state index contributed by atoms with van der Waals surface area (Å²) in [6, 6.07) is 3.92. The number of hydrogen-bond acceptors (Lipinski definition) is 2. The first-order valence-corrected chi connectivity index (χ1v) is 5.11. The third-order valence-corrected chi connectivity index (χ3v) is 2.18. The maximum Gasteiger partial charge on any atom is 0.306 e.